The molecule has 1 saturated carbocycles. The highest BCUT2D eigenvalue weighted by atomic mass is 32.2. The molecule has 5 rings (SSSR count). The van der Waals surface area contributed by atoms with Gasteiger partial charge in [0.05, 0.1) is 22.3 Å². The van der Waals surface area contributed by atoms with Crippen molar-refractivity contribution in [2.75, 3.05) is 0 Å². The molecule has 4 aromatic carbocycles. The Hall–Kier alpha value is -3.66. The van der Waals surface area contributed by atoms with Crippen LogP contribution < -0.4 is 0 Å². The molecule has 0 heterocycles. The maximum absolute atomic E-state index is 13.9. The summed E-state index contributed by atoms with van der Waals surface area (Å²) in [4.78, 5) is 0. The first-order valence-corrected chi connectivity index (χ1v) is 22.0. The lowest BCUT2D eigenvalue weighted by molar-refractivity contribution is -0.144. The first kappa shape index (κ1) is 49.4. The molecule has 2 nitrogen and oxygen atoms in total. The van der Waals surface area contributed by atoms with Crippen LogP contribution >= 0.6 is 23.5 Å². The fraction of sp³-hybridized carbons (Fsp3) is 0.478. The van der Waals surface area contributed by atoms with E-state index in [0.717, 1.165) is 25.7 Å². The fourth-order valence-electron chi connectivity index (χ4n) is 7.33. The van der Waals surface area contributed by atoms with Crippen molar-refractivity contribution in [1.82, 2.24) is 0 Å². The summed E-state index contributed by atoms with van der Waals surface area (Å²) in [6.07, 6.45) is -15.4. The Balaban J connectivity index is 1.52. The van der Waals surface area contributed by atoms with E-state index in [0.29, 0.717) is 59.4 Å². The van der Waals surface area contributed by atoms with Gasteiger partial charge in [0.25, 0.3) is 0 Å². The summed E-state index contributed by atoms with van der Waals surface area (Å²) in [5, 5.41) is 23.0. The van der Waals surface area contributed by atoms with E-state index < -0.39 is 80.4 Å². The maximum atomic E-state index is 13.9. The van der Waals surface area contributed by atoms with Gasteiger partial charge in [-0.2, -0.15) is 76.2 Å². The van der Waals surface area contributed by atoms with Gasteiger partial charge in [0.2, 0.25) is 0 Å². The zero-order valence-electron chi connectivity index (χ0n) is 34.8. The molecular weight excluding hydrogens is 877 g/mol. The van der Waals surface area contributed by atoms with E-state index in [-0.39, 0.29) is 45.3 Å². The zero-order chi connectivity index (χ0) is 46.4. The van der Waals surface area contributed by atoms with Crippen LogP contribution in [0.15, 0.2) is 60.7 Å². The molecule has 2 N–H and O–H groups in total. The van der Waals surface area contributed by atoms with Crippen LogP contribution in [0.2, 0.25) is 0 Å². The van der Waals surface area contributed by atoms with Crippen molar-refractivity contribution >= 4 is 23.5 Å². The Morgan fingerprint density at radius 3 is 0.968 bits per heavy atom. The lowest BCUT2D eigenvalue weighted by atomic mass is 9.83. The molecular formula is C46H48F12O2S2. The summed E-state index contributed by atoms with van der Waals surface area (Å²) < 4.78 is 166. The van der Waals surface area contributed by atoms with E-state index in [1.807, 2.05) is 41.5 Å². The molecule has 0 bridgehead atoms. The van der Waals surface area contributed by atoms with E-state index in [4.69, 9.17) is 0 Å². The van der Waals surface area contributed by atoms with Crippen LogP contribution in [0, 0.1) is 0 Å². The summed E-state index contributed by atoms with van der Waals surface area (Å²) >= 11 is 2.94. The van der Waals surface area contributed by atoms with Gasteiger partial charge in [-0.1, -0.05) is 79.4 Å². The van der Waals surface area contributed by atoms with Crippen molar-refractivity contribution in [2.24, 2.45) is 0 Å². The smallest absolute Gasteiger partial charge is 0.416 e. The van der Waals surface area contributed by atoms with Crippen LogP contribution in [0.4, 0.5) is 52.7 Å². The van der Waals surface area contributed by atoms with Crippen molar-refractivity contribution in [3.8, 4) is 33.8 Å². The number of thioether (sulfide) groups is 2. The van der Waals surface area contributed by atoms with Gasteiger partial charge in [-0.25, -0.2) is 0 Å². The molecule has 0 amide bonds. The Kier molecular flexibility index (Phi) is 14.4. The van der Waals surface area contributed by atoms with Gasteiger partial charge in [-0.15, -0.1) is 0 Å². The summed E-state index contributed by atoms with van der Waals surface area (Å²) in [6.45, 7) is 11.0. The number of rotatable bonds is 8. The fourth-order valence-corrected chi connectivity index (χ4v) is 10.4. The number of benzene rings is 4. The molecule has 340 valence electrons. The molecule has 4 aromatic rings. The Labute approximate surface area is 361 Å². The molecule has 16 heteroatoms. The quantitative estimate of drug-likeness (QED) is 0.173. The number of aromatic hydroxyl groups is 2. The average Bonchev–Trinajstić information content (AvgIpc) is 3.12. The van der Waals surface area contributed by atoms with Gasteiger partial charge >= 0.3 is 24.7 Å². The zero-order valence-corrected chi connectivity index (χ0v) is 36.5. The highest BCUT2D eigenvalue weighted by Crippen LogP contribution is 2.47. The number of hydrogen-bond donors (Lipinski definition) is 2. The Bertz CT molecular complexity index is 2000. The predicted octanol–water partition coefficient (Wildman–Crippen LogP) is 16.4. The summed E-state index contributed by atoms with van der Waals surface area (Å²) in [5.74, 6) is -0.622. The van der Waals surface area contributed by atoms with Gasteiger partial charge < -0.3 is 10.2 Å². The lowest BCUT2D eigenvalue weighted by Gasteiger charge is -2.30. The second kappa shape index (κ2) is 18.1. The summed E-state index contributed by atoms with van der Waals surface area (Å²) in [5.41, 5.74) is -6.78. The molecule has 1 fully saturated rings. The normalized spacial score (nSPS) is 17.5. The largest absolute Gasteiger partial charge is 0.507 e. The molecule has 0 aliphatic heterocycles. The van der Waals surface area contributed by atoms with Crippen LogP contribution in [0.5, 0.6) is 11.5 Å². The molecule has 0 aromatic heterocycles. The first-order valence-electron chi connectivity index (χ1n) is 19.9. The second-order valence-electron chi connectivity index (χ2n) is 17.8. The molecule has 1 aliphatic carbocycles. The number of halogens is 12. The number of hydrogen-bond acceptors (Lipinski definition) is 4. The van der Waals surface area contributed by atoms with E-state index in [1.165, 1.54) is 35.7 Å². The minimum absolute atomic E-state index is 0.0340. The van der Waals surface area contributed by atoms with Gasteiger partial charge in [0, 0.05) is 44.3 Å². The molecule has 0 spiro atoms. The highest BCUT2D eigenvalue weighted by molar-refractivity contribution is 8.03. The van der Waals surface area contributed by atoms with E-state index >= 15 is 0 Å². The minimum Gasteiger partial charge on any atom is -0.507 e. The van der Waals surface area contributed by atoms with Crippen molar-refractivity contribution < 1.29 is 62.9 Å². The van der Waals surface area contributed by atoms with E-state index in [2.05, 4.69) is 0 Å². The average molecular weight is 925 g/mol. The van der Waals surface area contributed by atoms with E-state index in [1.54, 1.807) is 12.1 Å². The van der Waals surface area contributed by atoms with Gasteiger partial charge in [-0.05, 0) is 94.5 Å². The third-order valence-electron chi connectivity index (χ3n) is 11.0. The van der Waals surface area contributed by atoms with Crippen LogP contribution in [0.25, 0.3) is 22.3 Å². The van der Waals surface area contributed by atoms with Crippen molar-refractivity contribution in [3.63, 3.8) is 0 Å². The molecule has 0 radical (unpaired) electrons. The van der Waals surface area contributed by atoms with Crippen LogP contribution in [-0.2, 0) is 47.0 Å². The standard InChI is InChI=1S/C46H48F12O2S2/c1-41(2,3)29-17-27(39(59)35(21-29)25-13-31(43(47,48)49)19-32(14-25)44(50,51)52)23-61-37-11-9-7-8-10-12-38(37)62-24-28-18-30(42(4,5)6)22-36(40(28)60)26-15-33(45(53,54)55)20-34(16-26)46(56,57)58/h13-22,37-38,59-60H,7-12,23-24H2,1-6H3/t37-,38-/m0/s1. The number of phenolic OH excluding ortho intramolecular Hbond substituents is 2. The number of alkyl halides is 12. The van der Waals surface area contributed by atoms with Crippen LogP contribution in [0.3, 0.4) is 0 Å². The topological polar surface area (TPSA) is 40.5 Å². The van der Waals surface area contributed by atoms with Crippen molar-refractivity contribution in [1.29, 1.82) is 0 Å². The summed E-state index contributed by atoms with van der Waals surface area (Å²) in [6, 6.07) is 8.64. The monoisotopic (exact) mass is 924 g/mol. The molecule has 0 unspecified atom stereocenters. The molecule has 1 aliphatic rings. The number of phenols is 2. The van der Waals surface area contributed by atoms with Crippen molar-refractivity contribution in [2.45, 2.75) is 138 Å². The maximum Gasteiger partial charge on any atom is 0.416 e. The van der Waals surface area contributed by atoms with Gasteiger partial charge in [0.15, 0.2) is 0 Å². The SMILES string of the molecule is CC(C)(C)c1cc(CS[C@H]2CCCCCC[C@@H]2SCc2cc(C(C)(C)C)cc(-c3cc(C(F)(F)F)cc(C(F)(F)F)c3)c2O)c(O)c(-c2cc(C(F)(F)F)cc(C(F)(F)F)c2)c1. The predicted molar refractivity (Wildman–Crippen MR) is 222 cm³/mol. The Morgan fingerprint density at radius 2 is 0.710 bits per heavy atom. The third kappa shape index (κ3) is 12.1. The second-order valence-corrected chi connectivity index (χ2v) is 20.3. The Morgan fingerprint density at radius 1 is 0.419 bits per heavy atom. The molecule has 2 atom stereocenters. The highest BCUT2D eigenvalue weighted by Gasteiger charge is 2.39. The lowest BCUT2D eigenvalue weighted by Crippen LogP contribution is -2.22. The molecule has 0 saturated heterocycles. The van der Waals surface area contributed by atoms with Crippen LogP contribution in [0.1, 0.15) is 125 Å². The van der Waals surface area contributed by atoms with Crippen LogP contribution in [-0.4, -0.2) is 20.7 Å². The third-order valence-corrected chi connectivity index (χ3v) is 14.1. The van der Waals surface area contributed by atoms with Gasteiger partial charge in [-0.3, -0.25) is 0 Å². The summed E-state index contributed by atoms with van der Waals surface area (Å²) in [7, 11) is 0. The first-order chi connectivity index (χ1) is 28.3. The minimum atomic E-state index is -5.10. The van der Waals surface area contributed by atoms with Gasteiger partial charge in [0.1, 0.15) is 11.5 Å². The van der Waals surface area contributed by atoms with E-state index in [9.17, 15) is 62.9 Å². The molecule has 62 heavy (non-hydrogen) atoms. The van der Waals surface area contributed by atoms with Crippen molar-refractivity contribution in [3.05, 3.63) is 105 Å².